The van der Waals surface area contributed by atoms with E-state index in [1.807, 2.05) is 30.3 Å². The average Bonchev–Trinajstić information content (AvgIpc) is 2.19. The maximum atomic E-state index is 11.1. The van der Waals surface area contributed by atoms with Gasteiger partial charge in [0.2, 0.25) is 0 Å². The molecule has 0 aromatic heterocycles. The molecule has 14 heavy (non-hydrogen) atoms. The minimum absolute atomic E-state index is 0.0539. The number of hydrogen-bond donors (Lipinski definition) is 0. The quantitative estimate of drug-likeness (QED) is 0.712. The fraction of sp³-hybridized carbons (Fsp3) is 0.364. The van der Waals surface area contributed by atoms with E-state index in [1.165, 1.54) is 5.56 Å². The second-order valence-corrected chi connectivity index (χ2v) is 5.02. The van der Waals surface area contributed by atoms with Gasteiger partial charge in [0.15, 0.2) is 10.1 Å². The third kappa shape index (κ3) is 1.67. The van der Waals surface area contributed by atoms with Crippen molar-refractivity contribution in [1.29, 1.82) is 0 Å². The van der Waals surface area contributed by atoms with Crippen LogP contribution in [0.5, 0.6) is 0 Å². The highest BCUT2D eigenvalue weighted by atomic mass is 35.5. The van der Waals surface area contributed by atoms with Crippen molar-refractivity contribution in [3.63, 3.8) is 0 Å². The molecule has 1 unspecified atom stereocenters. The Morgan fingerprint density at radius 3 is 2.43 bits per heavy atom. The van der Waals surface area contributed by atoms with E-state index in [0.717, 1.165) is 6.42 Å². The van der Waals surface area contributed by atoms with Gasteiger partial charge in [0.05, 0.1) is 0 Å². The Morgan fingerprint density at radius 1 is 1.29 bits per heavy atom. The smallest absolute Gasteiger partial charge is 0.179 e. The van der Waals surface area contributed by atoms with Crippen molar-refractivity contribution < 1.29 is 4.79 Å². The molecule has 0 N–H and O–H groups in total. The van der Waals surface area contributed by atoms with Gasteiger partial charge >= 0.3 is 0 Å². The van der Waals surface area contributed by atoms with Gasteiger partial charge in [-0.25, -0.2) is 0 Å². The molecule has 1 aromatic carbocycles. The largest absolute Gasteiger partial charge is 0.296 e. The van der Waals surface area contributed by atoms with E-state index >= 15 is 0 Å². The summed E-state index contributed by atoms with van der Waals surface area (Å²) in [5.74, 6) is 0.0162. The Morgan fingerprint density at radius 2 is 1.93 bits per heavy atom. The zero-order valence-corrected chi connectivity index (χ0v) is 9.05. The van der Waals surface area contributed by atoms with Crippen LogP contribution in [-0.4, -0.2) is 10.1 Å². The van der Waals surface area contributed by atoms with Crippen LogP contribution in [0.25, 0.3) is 0 Å². The van der Waals surface area contributed by atoms with Crippen molar-refractivity contribution in [3.05, 3.63) is 35.9 Å². The lowest BCUT2D eigenvalue weighted by molar-refractivity contribution is -0.128. The van der Waals surface area contributed by atoms with Gasteiger partial charge in [-0.15, -0.1) is 0 Å². The molecule has 1 fully saturated rings. The zero-order valence-electron chi connectivity index (χ0n) is 7.54. The molecule has 1 saturated carbocycles. The van der Waals surface area contributed by atoms with Gasteiger partial charge < -0.3 is 0 Å². The molecule has 0 radical (unpaired) electrons. The van der Waals surface area contributed by atoms with Crippen LogP contribution in [0.2, 0.25) is 0 Å². The van der Waals surface area contributed by atoms with E-state index in [2.05, 4.69) is 0 Å². The molecule has 1 aromatic rings. The molecule has 0 spiro atoms. The van der Waals surface area contributed by atoms with Crippen molar-refractivity contribution >= 4 is 29.0 Å². The first kappa shape index (κ1) is 10.0. The summed E-state index contributed by atoms with van der Waals surface area (Å²) in [6.45, 7) is 0. The van der Waals surface area contributed by atoms with Crippen LogP contribution >= 0.6 is 23.2 Å². The Hall–Kier alpha value is -0.530. The fourth-order valence-corrected chi connectivity index (χ4v) is 2.15. The van der Waals surface area contributed by atoms with Crippen molar-refractivity contribution in [3.8, 4) is 0 Å². The summed E-state index contributed by atoms with van der Waals surface area (Å²) in [6, 6.07) is 9.95. The topological polar surface area (TPSA) is 17.1 Å². The van der Waals surface area contributed by atoms with Gasteiger partial charge in [0, 0.05) is 12.3 Å². The third-order valence-electron chi connectivity index (χ3n) is 2.64. The van der Waals surface area contributed by atoms with Crippen LogP contribution < -0.4 is 0 Å². The van der Waals surface area contributed by atoms with Gasteiger partial charge in [-0.3, -0.25) is 4.79 Å². The van der Waals surface area contributed by atoms with E-state index in [1.54, 1.807) is 0 Å². The molecule has 0 saturated heterocycles. The van der Waals surface area contributed by atoms with Crippen LogP contribution in [0.1, 0.15) is 12.0 Å². The summed E-state index contributed by atoms with van der Waals surface area (Å²) in [6.07, 6.45) is 1.28. The number of halogens is 2. The number of benzene rings is 1. The van der Waals surface area contributed by atoms with Gasteiger partial charge in [0.1, 0.15) is 0 Å². The molecule has 0 bridgehead atoms. The summed E-state index contributed by atoms with van der Waals surface area (Å²) in [4.78, 5) is 11.1. The lowest BCUT2D eigenvalue weighted by Crippen LogP contribution is -2.48. The Balaban J connectivity index is 2.04. The lowest BCUT2D eigenvalue weighted by Gasteiger charge is -2.37. The van der Waals surface area contributed by atoms with E-state index in [4.69, 9.17) is 23.2 Å². The first-order valence-corrected chi connectivity index (χ1v) is 5.31. The monoisotopic (exact) mass is 228 g/mol. The summed E-state index contributed by atoms with van der Waals surface area (Å²) in [7, 11) is 0. The van der Waals surface area contributed by atoms with Crippen LogP contribution in [0, 0.1) is 5.92 Å². The van der Waals surface area contributed by atoms with Crippen molar-refractivity contribution in [2.24, 2.45) is 5.92 Å². The number of Topliss-reactive ketones (excluding diaryl/α,β-unsaturated/α-hetero) is 1. The first-order chi connectivity index (χ1) is 6.60. The molecule has 0 heterocycles. The highest BCUT2D eigenvalue weighted by Gasteiger charge is 2.51. The number of carbonyl (C=O) groups is 1. The van der Waals surface area contributed by atoms with Gasteiger partial charge in [-0.05, 0) is 12.0 Å². The van der Waals surface area contributed by atoms with Crippen molar-refractivity contribution in [2.75, 3.05) is 0 Å². The number of carbonyl (C=O) groups excluding carboxylic acids is 1. The maximum absolute atomic E-state index is 11.1. The molecule has 3 heteroatoms. The predicted octanol–water partition coefficient (Wildman–Crippen LogP) is 2.99. The average molecular weight is 229 g/mol. The molecule has 0 amide bonds. The van der Waals surface area contributed by atoms with Crippen molar-refractivity contribution in [2.45, 2.75) is 17.2 Å². The molecule has 1 nitrogen and oxygen atoms in total. The normalized spacial score (nSPS) is 24.4. The van der Waals surface area contributed by atoms with Gasteiger partial charge in [-0.2, -0.15) is 0 Å². The number of alkyl halides is 2. The Labute approximate surface area is 93.0 Å². The molecule has 2 rings (SSSR count). The van der Waals surface area contributed by atoms with Crippen LogP contribution in [0.4, 0.5) is 0 Å². The minimum atomic E-state index is -1.14. The number of ketones is 1. The molecule has 0 aliphatic heterocycles. The molecular formula is C11H10Cl2O. The summed E-state index contributed by atoms with van der Waals surface area (Å²) < 4.78 is -1.14. The summed E-state index contributed by atoms with van der Waals surface area (Å²) in [5.41, 5.74) is 1.18. The molecule has 1 aliphatic rings. The molecule has 1 aliphatic carbocycles. The van der Waals surface area contributed by atoms with E-state index in [0.29, 0.717) is 6.42 Å². The SMILES string of the molecule is O=C1CC(Cc2ccccc2)C1(Cl)Cl. The molecular weight excluding hydrogens is 219 g/mol. The maximum Gasteiger partial charge on any atom is 0.179 e. The Kier molecular flexibility index (Phi) is 2.54. The molecule has 74 valence electrons. The van der Waals surface area contributed by atoms with E-state index < -0.39 is 4.33 Å². The Bertz CT molecular complexity index is 346. The summed E-state index contributed by atoms with van der Waals surface area (Å²) in [5, 5.41) is 0. The molecule has 1 atom stereocenters. The lowest BCUT2D eigenvalue weighted by atomic mass is 9.78. The van der Waals surface area contributed by atoms with Gasteiger partial charge in [0.25, 0.3) is 0 Å². The zero-order chi connectivity index (χ0) is 10.2. The minimum Gasteiger partial charge on any atom is -0.296 e. The number of hydrogen-bond acceptors (Lipinski definition) is 1. The highest BCUT2D eigenvalue weighted by Crippen LogP contribution is 2.46. The summed E-state index contributed by atoms with van der Waals surface area (Å²) >= 11 is 11.8. The van der Waals surface area contributed by atoms with Crippen molar-refractivity contribution in [1.82, 2.24) is 0 Å². The van der Waals surface area contributed by atoms with E-state index in [9.17, 15) is 4.79 Å². The second-order valence-electron chi connectivity index (χ2n) is 3.64. The predicted molar refractivity (Wildman–Crippen MR) is 57.7 cm³/mol. The van der Waals surface area contributed by atoms with Gasteiger partial charge in [-0.1, -0.05) is 53.5 Å². The first-order valence-electron chi connectivity index (χ1n) is 4.56. The van der Waals surface area contributed by atoms with Crippen LogP contribution in [-0.2, 0) is 11.2 Å². The fourth-order valence-electron chi connectivity index (χ4n) is 1.68. The van der Waals surface area contributed by atoms with Crippen LogP contribution in [0.3, 0.4) is 0 Å². The third-order valence-corrected chi connectivity index (χ3v) is 3.68. The highest BCUT2D eigenvalue weighted by molar-refractivity contribution is 6.60. The standard InChI is InChI=1S/C11H10Cl2O/c12-11(13)9(7-10(11)14)6-8-4-2-1-3-5-8/h1-5,9H,6-7H2. The number of rotatable bonds is 2. The second kappa shape index (κ2) is 3.56. The van der Waals surface area contributed by atoms with E-state index in [-0.39, 0.29) is 11.7 Å². The van der Waals surface area contributed by atoms with Crippen LogP contribution in [0.15, 0.2) is 30.3 Å².